The SMILES string of the molecule is Cc1cc(Br)ccc1C(=O)N1CCOCC1CO. The average Bonchev–Trinajstić information content (AvgIpc) is 2.38. The summed E-state index contributed by atoms with van der Waals surface area (Å²) in [4.78, 5) is 14.1. The van der Waals surface area contributed by atoms with E-state index in [1.54, 1.807) is 4.90 Å². The van der Waals surface area contributed by atoms with Crippen molar-refractivity contribution in [2.45, 2.75) is 13.0 Å². The lowest BCUT2D eigenvalue weighted by atomic mass is 10.1. The smallest absolute Gasteiger partial charge is 0.254 e. The molecule has 0 radical (unpaired) electrons. The first kappa shape index (κ1) is 13.5. The Kier molecular flexibility index (Phi) is 4.37. The van der Waals surface area contributed by atoms with Gasteiger partial charge in [0.05, 0.1) is 25.9 Å². The number of benzene rings is 1. The lowest BCUT2D eigenvalue weighted by molar-refractivity contribution is -0.0184. The fraction of sp³-hybridized carbons (Fsp3) is 0.462. The van der Waals surface area contributed by atoms with Crippen LogP contribution in [-0.2, 0) is 4.74 Å². The van der Waals surface area contributed by atoms with E-state index in [0.717, 1.165) is 10.0 Å². The van der Waals surface area contributed by atoms with Gasteiger partial charge in [0.1, 0.15) is 0 Å². The number of hydrogen-bond acceptors (Lipinski definition) is 3. The molecule has 1 saturated heterocycles. The van der Waals surface area contributed by atoms with Gasteiger partial charge in [-0.2, -0.15) is 0 Å². The molecule has 0 saturated carbocycles. The molecule has 1 aromatic carbocycles. The molecule has 0 aromatic heterocycles. The number of nitrogens with zero attached hydrogens (tertiary/aromatic N) is 1. The van der Waals surface area contributed by atoms with Crippen molar-refractivity contribution >= 4 is 21.8 Å². The number of halogens is 1. The van der Waals surface area contributed by atoms with Gasteiger partial charge in [-0.15, -0.1) is 0 Å². The number of aliphatic hydroxyl groups excluding tert-OH is 1. The van der Waals surface area contributed by atoms with Crippen molar-refractivity contribution in [1.82, 2.24) is 4.90 Å². The number of aryl methyl sites for hydroxylation is 1. The zero-order valence-corrected chi connectivity index (χ0v) is 11.8. The summed E-state index contributed by atoms with van der Waals surface area (Å²) in [5.74, 6) is -0.0395. The highest BCUT2D eigenvalue weighted by molar-refractivity contribution is 9.10. The van der Waals surface area contributed by atoms with Gasteiger partial charge >= 0.3 is 0 Å². The summed E-state index contributed by atoms with van der Waals surface area (Å²) < 4.78 is 6.23. The van der Waals surface area contributed by atoms with E-state index in [-0.39, 0.29) is 18.6 Å². The van der Waals surface area contributed by atoms with Crippen LogP contribution in [0, 0.1) is 6.92 Å². The molecule has 1 heterocycles. The van der Waals surface area contributed by atoms with Gasteiger partial charge in [-0.05, 0) is 30.7 Å². The fourth-order valence-electron chi connectivity index (χ4n) is 2.10. The third-order valence-electron chi connectivity index (χ3n) is 3.12. The number of aliphatic hydroxyl groups is 1. The lowest BCUT2D eigenvalue weighted by Crippen LogP contribution is -2.50. The van der Waals surface area contributed by atoms with Crippen LogP contribution in [0.25, 0.3) is 0 Å². The van der Waals surface area contributed by atoms with E-state index < -0.39 is 0 Å². The topological polar surface area (TPSA) is 49.8 Å². The quantitative estimate of drug-likeness (QED) is 0.902. The molecule has 1 atom stereocenters. The highest BCUT2D eigenvalue weighted by Crippen LogP contribution is 2.19. The number of hydrogen-bond donors (Lipinski definition) is 1. The van der Waals surface area contributed by atoms with Crippen LogP contribution in [0.1, 0.15) is 15.9 Å². The minimum Gasteiger partial charge on any atom is -0.394 e. The zero-order valence-electron chi connectivity index (χ0n) is 10.2. The number of carbonyl (C=O) groups is 1. The molecule has 18 heavy (non-hydrogen) atoms. The predicted octanol–water partition coefficient (Wildman–Crippen LogP) is 1.59. The lowest BCUT2D eigenvalue weighted by Gasteiger charge is -2.34. The molecule has 0 bridgehead atoms. The van der Waals surface area contributed by atoms with Crippen molar-refractivity contribution in [3.63, 3.8) is 0 Å². The summed E-state index contributed by atoms with van der Waals surface area (Å²) in [7, 11) is 0. The van der Waals surface area contributed by atoms with E-state index in [2.05, 4.69) is 15.9 Å². The molecule has 1 aromatic rings. The third kappa shape index (κ3) is 2.74. The average molecular weight is 314 g/mol. The van der Waals surface area contributed by atoms with E-state index in [1.165, 1.54) is 0 Å². The van der Waals surface area contributed by atoms with Crippen molar-refractivity contribution in [1.29, 1.82) is 0 Å². The minimum atomic E-state index is -0.241. The normalized spacial score (nSPS) is 19.9. The number of amides is 1. The Morgan fingerprint density at radius 3 is 3.06 bits per heavy atom. The first-order valence-electron chi connectivity index (χ1n) is 5.89. The van der Waals surface area contributed by atoms with Gasteiger partial charge in [-0.25, -0.2) is 0 Å². The summed E-state index contributed by atoms with van der Waals surface area (Å²) in [6.45, 7) is 3.29. The van der Waals surface area contributed by atoms with Crippen LogP contribution in [0.2, 0.25) is 0 Å². The maximum absolute atomic E-state index is 12.4. The second-order valence-corrected chi connectivity index (χ2v) is 5.28. The Bertz CT molecular complexity index is 450. The van der Waals surface area contributed by atoms with Crippen LogP contribution >= 0.6 is 15.9 Å². The second-order valence-electron chi connectivity index (χ2n) is 4.37. The molecule has 0 aliphatic carbocycles. The van der Waals surface area contributed by atoms with Crippen LogP contribution in [-0.4, -0.2) is 48.3 Å². The molecule has 1 amide bonds. The Hall–Kier alpha value is -0.910. The number of carbonyl (C=O) groups excluding carboxylic acids is 1. The van der Waals surface area contributed by atoms with Crippen LogP contribution < -0.4 is 0 Å². The van der Waals surface area contributed by atoms with Crippen molar-refractivity contribution in [3.8, 4) is 0 Å². The molecule has 1 unspecified atom stereocenters. The number of morpholine rings is 1. The summed E-state index contributed by atoms with van der Waals surface area (Å²) >= 11 is 3.38. The Balaban J connectivity index is 2.24. The Morgan fingerprint density at radius 1 is 1.61 bits per heavy atom. The summed E-state index contributed by atoms with van der Waals surface area (Å²) in [5, 5.41) is 9.29. The first-order valence-corrected chi connectivity index (χ1v) is 6.68. The summed E-state index contributed by atoms with van der Waals surface area (Å²) in [6, 6.07) is 5.34. The Labute approximate surface area is 115 Å². The van der Waals surface area contributed by atoms with E-state index in [9.17, 15) is 9.90 Å². The van der Waals surface area contributed by atoms with Gasteiger partial charge in [0.2, 0.25) is 0 Å². The van der Waals surface area contributed by atoms with Gasteiger partial charge in [0.25, 0.3) is 5.91 Å². The highest BCUT2D eigenvalue weighted by atomic mass is 79.9. The monoisotopic (exact) mass is 313 g/mol. The van der Waals surface area contributed by atoms with Crippen LogP contribution in [0.5, 0.6) is 0 Å². The standard InChI is InChI=1S/C13H16BrNO3/c1-9-6-10(14)2-3-12(9)13(17)15-4-5-18-8-11(15)7-16/h2-3,6,11,16H,4-5,7-8H2,1H3. The maximum Gasteiger partial charge on any atom is 0.254 e. The minimum absolute atomic E-state index is 0.0395. The van der Waals surface area contributed by atoms with Gasteiger partial charge in [0.15, 0.2) is 0 Å². The van der Waals surface area contributed by atoms with E-state index in [1.807, 2.05) is 25.1 Å². The van der Waals surface area contributed by atoms with Crippen LogP contribution in [0.4, 0.5) is 0 Å². The summed E-state index contributed by atoms with van der Waals surface area (Å²) in [5.41, 5.74) is 1.61. The fourth-order valence-corrected chi connectivity index (χ4v) is 2.57. The van der Waals surface area contributed by atoms with E-state index >= 15 is 0 Å². The van der Waals surface area contributed by atoms with Crippen molar-refractivity contribution in [3.05, 3.63) is 33.8 Å². The number of rotatable bonds is 2. The predicted molar refractivity (Wildman–Crippen MR) is 71.6 cm³/mol. The van der Waals surface area contributed by atoms with Crippen LogP contribution in [0.15, 0.2) is 22.7 Å². The van der Waals surface area contributed by atoms with Crippen molar-refractivity contribution in [2.24, 2.45) is 0 Å². The van der Waals surface area contributed by atoms with Gasteiger partial charge in [-0.1, -0.05) is 15.9 Å². The second kappa shape index (κ2) is 5.82. The highest BCUT2D eigenvalue weighted by Gasteiger charge is 2.28. The molecule has 0 spiro atoms. The van der Waals surface area contributed by atoms with E-state index in [0.29, 0.717) is 25.3 Å². The Morgan fingerprint density at radius 2 is 2.39 bits per heavy atom. The first-order chi connectivity index (χ1) is 8.63. The van der Waals surface area contributed by atoms with Gasteiger partial charge < -0.3 is 14.7 Å². The molecular weight excluding hydrogens is 298 g/mol. The molecule has 1 fully saturated rings. The largest absolute Gasteiger partial charge is 0.394 e. The molecular formula is C13H16BrNO3. The zero-order chi connectivity index (χ0) is 13.1. The van der Waals surface area contributed by atoms with Gasteiger partial charge in [-0.3, -0.25) is 4.79 Å². The molecule has 1 N–H and O–H groups in total. The third-order valence-corrected chi connectivity index (χ3v) is 3.61. The van der Waals surface area contributed by atoms with Crippen LogP contribution in [0.3, 0.4) is 0 Å². The maximum atomic E-state index is 12.4. The molecule has 4 nitrogen and oxygen atoms in total. The molecule has 1 aliphatic heterocycles. The molecule has 5 heteroatoms. The van der Waals surface area contributed by atoms with Crippen molar-refractivity contribution < 1.29 is 14.6 Å². The van der Waals surface area contributed by atoms with Crippen molar-refractivity contribution in [2.75, 3.05) is 26.4 Å². The van der Waals surface area contributed by atoms with E-state index in [4.69, 9.17) is 4.74 Å². The number of ether oxygens (including phenoxy) is 1. The molecule has 98 valence electrons. The molecule has 1 aliphatic rings. The summed E-state index contributed by atoms with van der Waals surface area (Å²) in [6.07, 6.45) is 0. The van der Waals surface area contributed by atoms with Gasteiger partial charge in [0, 0.05) is 16.6 Å². The molecule has 2 rings (SSSR count).